The summed E-state index contributed by atoms with van der Waals surface area (Å²) in [6, 6.07) is -0.283. The number of imidazole rings is 1. The van der Waals surface area contributed by atoms with Crippen LogP contribution in [0.3, 0.4) is 0 Å². The number of nitrogens with two attached hydrogens (primary N) is 1. The number of aromatic nitrogens is 2. The van der Waals surface area contributed by atoms with E-state index >= 15 is 0 Å². The van der Waals surface area contributed by atoms with E-state index in [4.69, 9.17) is 5.73 Å². The van der Waals surface area contributed by atoms with Gasteiger partial charge in [-0.05, 0) is 26.7 Å². The summed E-state index contributed by atoms with van der Waals surface area (Å²) in [7, 11) is -3.52. The van der Waals surface area contributed by atoms with E-state index in [-0.39, 0.29) is 17.1 Å². The zero-order valence-electron chi connectivity index (χ0n) is 11.5. The first-order chi connectivity index (χ1) is 8.96. The van der Waals surface area contributed by atoms with Gasteiger partial charge in [0.25, 0.3) is 10.0 Å². The largest absolute Gasteiger partial charge is 0.336 e. The van der Waals surface area contributed by atoms with Gasteiger partial charge in [0.2, 0.25) is 0 Å². The highest BCUT2D eigenvalue weighted by Crippen LogP contribution is 2.25. The average molecular weight is 286 g/mol. The first-order valence-corrected chi connectivity index (χ1v) is 8.20. The molecule has 19 heavy (non-hydrogen) atoms. The van der Waals surface area contributed by atoms with Crippen molar-refractivity contribution in [1.82, 2.24) is 13.9 Å². The van der Waals surface area contributed by atoms with Gasteiger partial charge in [0.15, 0.2) is 5.03 Å². The molecule has 1 aromatic rings. The van der Waals surface area contributed by atoms with Crippen molar-refractivity contribution >= 4 is 10.0 Å². The molecule has 1 aromatic heterocycles. The molecule has 1 saturated heterocycles. The van der Waals surface area contributed by atoms with Gasteiger partial charge < -0.3 is 10.3 Å². The molecule has 108 valence electrons. The Morgan fingerprint density at radius 3 is 2.84 bits per heavy atom. The molecule has 0 bridgehead atoms. The second kappa shape index (κ2) is 5.60. The summed E-state index contributed by atoms with van der Waals surface area (Å²) < 4.78 is 28.5. The molecule has 1 aliphatic rings. The summed E-state index contributed by atoms with van der Waals surface area (Å²) in [6.45, 7) is 5.06. The molecule has 2 N–H and O–H groups in total. The van der Waals surface area contributed by atoms with Crippen molar-refractivity contribution in [3.63, 3.8) is 0 Å². The molecule has 0 aromatic carbocycles. The zero-order valence-corrected chi connectivity index (χ0v) is 12.3. The third-order valence-corrected chi connectivity index (χ3v) is 5.46. The van der Waals surface area contributed by atoms with Gasteiger partial charge in [-0.15, -0.1) is 0 Å². The molecule has 1 fully saturated rings. The lowest BCUT2D eigenvalue weighted by Crippen LogP contribution is -2.51. The van der Waals surface area contributed by atoms with Crippen LogP contribution in [0, 0.1) is 0 Å². The Labute approximate surface area is 114 Å². The van der Waals surface area contributed by atoms with E-state index in [1.807, 2.05) is 13.8 Å². The molecule has 0 amide bonds. The van der Waals surface area contributed by atoms with E-state index in [9.17, 15) is 8.42 Å². The summed E-state index contributed by atoms with van der Waals surface area (Å²) in [5.41, 5.74) is 5.93. The maximum Gasteiger partial charge on any atom is 0.262 e. The van der Waals surface area contributed by atoms with Crippen LogP contribution in [-0.2, 0) is 16.6 Å². The lowest BCUT2D eigenvalue weighted by Gasteiger charge is -2.36. The van der Waals surface area contributed by atoms with Gasteiger partial charge in [-0.3, -0.25) is 0 Å². The minimum atomic E-state index is -3.52. The fourth-order valence-electron chi connectivity index (χ4n) is 2.52. The van der Waals surface area contributed by atoms with Crippen molar-refractivity contribution in [3.05, 3.63) is 12.5 Å². The number of nitrogens with zero attached hydrogens (tertiary/aromatic N) is 3. The van der Waals surface area contributed by atoms with E-state index in [1.165, 1.54) is 4.31 Å². The molecule has 0 radical (unpaired) electrons. The van der Waals surface area contributed by atoms with Gasteiger partial charge in [-0.25, -0.2) is 13.4 Å². The lowest BCUT2D eigenvalue weighted by molar-refractivity contribution is 0.227. The van der Waals surface area contributed by atoms with Crippen LogP contribution in [0.2, 0.25) is 0 Å². The molecule has 2 rings (SSSR count). The van der Waals surface area contributed by atoms with Gasteiger partial charge in [0, 0.05) is 31.4 Å². The van der Waals surface area contributed by atoms with Crippen molar-refractivity contribution in [3.8, 4) is 0 Å². The van der Waals surface area contributed by atoms with Crippen LogP contribution in [0.5, 0.6) is 0 Å². The first-order valence-electron chi connectivity index (χ1n) is 6.76. The summed E-state index contributed by atoms with van der Waals surface area (Å²) in [5.74, 6) is 0. The average Bonchev–Trinajstić information content (AvgIpc) is 2.88. The molecule has 0 spiro atoms. The van der Waals surface area contributed by atoms with Gasteiger partial charge in [0.05, 0.1) is 6.33 Å². The molecule has 6 nitrogen and oxygen atoms in total. The quantitative estimate of drug-likeness (QED) is 0.887. The smallest absolute Gasteiger partial charge is 0.262 e. The Bertz CT molecular complexity index is 524. The Morgan fingerprint density at radius 1 is 1.53 bits per heavy atom. The van der Waals surface area contributed by atoms with Crippen LogP contribution >= 0.6 is 0 Å². The van der Waals surface area contributed by atoms with E-state index in [2.05, 4.69) is 4.98 Å². The van der Waals surface area contributed by atoms with Gasteiger partial charge in [-0.2, -0.15) is 4.31 Å². The van der Waals surface area contributed by atoms with Crippen LogP contribution in [0.15, 0.2) is 17.6 Å². The fraction of sp³-hybridized carbons (Fsp3) is 0.750. The maximum absolute atomic E-state index is 12.6. The van der Waals surface area contributed by atoms with E-state index in [0.717, 1.165) is 19.3 Å². The second-order valence-corrected chi connectivity index (χ2v) is 6.92. The summed E-state index contributed by atoms with van der Waals surface area (Å²) in [4.78, 5) is 4.02. The Kier molecular flexibility index (Phi) is 4.27. The molecule has 2 heterocycles. The third kappa shape index (κ3) is 2.82. The van der Waals surface area contributed by atoms with Gasteiger partial charge >= 0.3 is 0 Å². The summed E-state index contributed by atoms with van der Waals surface area (Å²) in [5, 5.41) is 0.127. The Morgan fingerprint density at radius 2 is 2.26 bits per heavy atom. The van der Waals surface area contributed by atoms with Crippen LogP contribution in [-0.4, -0.2) is 40.9 Å². The monoisotopic (exact) mass is 286 g/mol. The minimum absolute atomic E-state index is 0.120. The number of hydrogen-bond acceptors (Lipinski definition) is 4. The van der Waals surface area contributed by atoms with E-state index in [1.54, 1.807) is 17.1 Å². The molecule has 2 atom stereocenters. The summed E-state index contributed by atoms with van der Waals surface area (Å²) in [6.07, 6.45) is 5.88. The normalized spacial score (nSPS) is 23.4. The number of sulfonamides is 1. The predicted octanol–water partition coefficient (Wildman–Crippen LogP) is 0.793. The summed E-state index contributed by atoms with van der Waals surface area (Å²) >= 11 is 0. The SMILES string of the molecule is CCn1cnc(S(=O)(=O)N2CCCCC2C(C)N)c1. The maximum atomic E-state index is 12.6. The van der Waals surface area contributed by atoms with E-state index in [0.29, 0.717) is 13.1 Å². The predicted molar refractivity (Wildman–Crippen MR) is 73.1 cm³/mol. The molecule has 0 aliphatic carbocycles. The number of piperidine rings is 1. The highest BCUT2D eigenvalue weighted by atomic mass is 32.2. The highest BCUT2D eigenvalue weighted by molar-refractivity contribution is 7.89. The second-order valence-electron chi connectivity index (χ2n) is 5.08. The topological polar surface area (TPSA) is 81.2 Å². The molecule has 7 heteroatoms. The fourth-order valence-corrected chi connectivity index (χ4v) is 4.23. The first kappa shape index (κ1) is 14.5. The van der Waals surface area contributed by atoms with Crippen LogP contribution in [0.25, 0.3) is 0 Å². The molecule has 2 unspecified atom stereocenters. The van der Waals surface area contributed by atoms with Crippen molar-refractivity contribution < 1.29 is 8.42 Å². The Balaban J connectivity index is 2.31. The standard InChI is InChI=1S/C12H22N4O2S/c1-3-15-8-12(14-9-15)19(17,18)16-7-5-4-6-11(16)10(2)13/h8-11H,3-7,13H2,1-2H3. The molecular formula is C12H22N4O2S. The van der Waals surface area contributed by atoms with E-state index < -0.39 is 10.0 Å². The molecular weight excluding hydrogens is 264 g/mol. The molecule has 1 aliphatic heterocycles. The number of hydrogen-bond donors (Lipinski definition) is 1. The lowest BCUT2D eigenvalue weighted by atomic mass is 10.00. The van der Waals surface area contributed by atoms with Crippen molar-refractivity contribution in [2.75, 3.05) is 6.54 Å². The minimum Gasteiger partial charge on any atom is -0.336 e. The van der Waals surface area contributed by atoms with Gasteiger partial charge in [0.1, 0.15) is 0 Å². The van der Waals surface area contributed by atoms with Crippen LogP contribution < -0.4 is 5.73 Å². The van der Waals surface area contributed by atoms with Crippen LogP contribution in [0.1, 0.15) is 33.1 Å². The van der Waals surface area contributed by atoms with Gasteiger partial charge in [-0.1, -0.05) is 6.42 Å². The third-order valence-electron chi connectivity index (χ3n) is 3.65. The van der Waals surface area contributed by atoms with Crippen molar-refractivity contribution in [2.45, 2.75) is 56.8 Å². The number of aryl methyl sites for hydroxylation is 1. The zero-order chi connectivity index (χ0) is 14.0. The molecule has 0 saturated carbocycles. The Hall–Kier alpha value is -0.920. The van der Waals surface area contributed by atoms with Crippen molar-refractivity contribution in [2.24, 2.45) is 5.73 Å². The number of rotatable bonds is 4. The highest BCUT2D eigenvalue weighted by Gasteiger charge is 2.36. The van der Waals surface area contributed by atoms with Crippen molar-refractivity contribution in [1.29, 1.82) is 0 Å². The van der Waals surface area contributed by atoms with Crippen LogP contribution in [0.4, 0.5) is 0 Å².